The van der Waals surface area contributed by atoms with Gasteiger partial charge >= 0.3 is 0 Å². The average molecular weight is 417 g/mol. The molecule has 3 rings (SSSR count). The van der Waals surface area contributed by atoms with Gasteiger partial charge < -0.3 is 15.2 Å². The monoisotopic (exact) mass is 416 g/mol. The number of aryl methyl sites for hydroxylation is 1. The summed E-state index contributed by atoms with van der Waals surface area (Å²) in [6, 6.07) is 26.6. The summed E-state index contributed by atoms with van der Waals surface area (Å²) in [5, 5.41) is 6.82. The Labute approximate surface area is 184 Å². The van der Waals surface area contributed by atoms with Crippen LogP contribution in [0.2, 0.25) is 0 Å². The van der Waals surface area contributed by atoms with Crippen LogP contribution in [0.25, 0.3) is 0 Å². The van der Waals surface area contributed by atoms with Crippen LogP contribution in [-0.4, -0.2) is 30.7 Å². The second-order valence-corrected chi connectivity index (χ2v) is 7.53. The maximum Gasteiger partial charge on any atom is 0.250 e. The number of benzene rings is 2. The number of nitrogens with one attached hydrogen (secondary N) is 2. The van der Waals surface area contributed by atoms with E-state index < -0.39 is 0 Å². The molecular formula is C26H32N4O. The molecule has 162 valence electrons. The van der Waals surface area contributed by atoms with Crippen LogP contribution in [0.1, 0.15) is 36.3 Å². The number of nitrogens with zero attached hydrogens (tertiary/aromatic N) is 2. The average Bonchev–Trinajstić information content (AvgIpc) is 2.82. The topological polar surface area (TPSA) is 58.4 Å². The van der Waals surface area contributed by atoms with E-state index in [2.05, 4.69) is 76.3 Å². The molecule has 31 heavy (non-hydrogen) atoms. The van der Waals surface area contributed by atoms with Crippen LogP contribution in [0, 0.1) is 0 Å². The van der Waals surface area contributed by atoms with Crippen LogP contribution < -0.4 is 16.2 Å². The van der Waals surface area contributed by atoms with Crippen molar-refractivity contribution in [3.05, 3.63) is 107 Å². The van der Waals surface area contributed by atoms with Gasteiger partial charge in [0.25, 0.3) is 0 Å². The molecule has 0 amide bonds. The lowest BCUT2D eigenvalue weighted by atomic mass is 9.88. The van der Waals surface area contributed by atoms with Crippen LogP contribution >= 0.6 is 0 Å². The number of aliphatic imine (C=N–C) groups is 1. The van der Waals surface area contributed by atoms with E-state index in [0.717, 1.165) is 44.9 Å². The first kappa shape index (κ1) is 22.3. The van der Waals surface area contributed by atoms with Crippen molar-refractivity contribution < 1.29 is 0 Å². The number of unbranched alkanes of at least 4 members (excludes halogenated alkanes) is 1. The molecule has 1 heterocycles. The molecule has 0 atom stereocenters. The van der Waals surface area contributed by atoms with Crippen molar-refractivity contribution >= 4 is 5.96 Å². The molecule has 0 aliphatic carbocycles. The van der Waals surface area contributed by atoms with Crippen LogP contribution in [-0.2, 0) is 6.54 Å². The highest BCUT2D eigenvalue weighted by Gasteiger charge is 2.13. The van der Waals surface area contributed by atoms with Gasteiger partial charge in [0.05, 0.1) is 0 Å². The molecular weight excluding hydrogens is 384 g/mol. The molecule has 3 aromatic rings. The van der Waals surface area contributed by atoms with E-state index in [9.17, 15) is 4.79 Å². The molecule has 0 radical (unpaired) electrons. The number of rotatable bonds is 10. The van der Waals surface area contributed by atoms with E-state index in [1.807, 2.05) is 12.3 Å². The van der Waals surface area contributed by atoms with Gasteiger partial charge in [0.2, 0.25) is 5.56 Å². The highest BCUT2D eigenvalue weighted by Crippen LogP contribution is 2.27. The fourth-order valence-corrected chi connectivity index (χ4v) is 3.71. The van der Waals surface area contributed by atoms with E-state index in [1.165, 1.54) is 11.1 Å². The van der Waals surface area contributed by atoms with Crippen molar-refractivity contribution in [1.82, 2.24) is 15.2 Å². The largest absolute Gasteiger partial charge is 0.356 e. The molecule has 2 N–H and O–H groups in total. The molecule has 1 aromatic heterocycles. The minimum Gasteiger partial charge on any atom is -0.356 e. The standard InChI is InChI=1S/C26H32N4O/c1-27-26(28-18-9-11-21-30-20-10-8-16-25(30)31)29-19-17-24(22-12-4-2-5-13-22)23-14-6-3-7-15-23/h2-8,10,12-16,20,24H,9,11,17-19,21H2,1H3,(H2,27,28,29). The third-order valence-corrected chi connectivity index (χ3v) is 5.37. The molecule has 0 bridgehead atoms. The van der Waals surface area contributed by atoms with Crippen molar-refractivity contribution in [3.8, 4) is 0 Å². The zero-order valence-electron chi connectivity index (χ0n) is 18.2. The lowest BCUT2D eigenvalue weighted by Crippen LogP contribution is -2.38. The van der Waals surface area contributed by atoms with Crippen molar-refractivity contribution in [1.29, 1.82) is 0 Å². The number of hydrogen-bond acceptors (Lipinski definition) is 2. The molecule has 5 nitrogen and oxygen atoms in total. The Morgan fingerprint density at radius 2 is 1.45 bits per heavy atom. The van der Waals surface area contributed by atoms with E-state index in [4.69, 9.17) is 0 Å². The zero-order valence-corrected chi connectivity index (χ0v) is 18.2. The molecule has 5 heteroatoms. The van der Waals surface area contributed by atoms with Gasteiger partial charge in [-0.1, -0.05) is 66.7 Å². The van der Waals surface area contributed by atoms with Crippen LogP contribution in [0.4, 0.5) is 0 Å². The van der Waals surface area contributed by atoms with Gasteiger partial charge in [0.15, 0.2) is 5.96 Å². The molecule has 0 aliphatic heterocycles. The minimum atomic E-state index is 0.0549. The fraction of sp³-hybridized carbons (Fsp3) is 0.308. The normalized spacial score (nSPS) is 11.5. The second kappa shape index (κ2) is 12.4. The summed E-state index contributed by atoms with van der Waals surface area (Å²) >= 11 is 0. The molecule has 0 spiro atoms. The van der Waals surface area contributed by atoms with Crippen LogP contribution in [0.3, 0.4) is 0 Å². The summed E-state index contributed by atoms with van der Waals surface area (Å²) in [6.45, 7) is 2.39. The Balaban J connectivity index is 1.44. The van der Waals surface area contributed by atoms with E-state index in [-0.39, 0.29) is 5.56 Å². The maximum absolute atomic E-state index is 11.7. The first-order valence-corrected chi connectivity index (χ1v) is 11.0. The van der Waals surface area contributed by atoms with Gasteiger partial charge in [-0.15, -0.1) is 0 Å². The predicted octanol–water partition coefficient (Wildman–Crippen LogP) is 4.02. The Hall–Kier alpha value is -3.34. The predicted molar refractivity (Wildman–Crippen MR) is 129 cm³/mol. The molecule has 0 aliphatic rings. The lowest BCUT2D eigenvalue weighted by molar-refractivity contribution is 0.584. The van der Waals surface area contributed by atoms with Crippen molar-refractivity contribution in [3.63, 3.8) is 0 Å². The summed E-state index contributed by atoms with van der Waals surface area (Å²) < 4.78 is 1.75. The number of guanidine groups is 1. The Morgan fingerprint density at radius 1 is 0.839 bits per heavy atom. The summed E-state index contributed by atoms with van der Waals surface area (Å²) in [5.74, 6) is 1.16. The lowest BCUT2D eigenvalue weighted by Gasteiger charge is -2.19. The molecule has 2 aromatic carbocycles. The molecule has 0 fully saturated rings. The quantitative estimate of drug-likeness (QED) is 0.298. The summed E-state index contributed by atoms with van der Waals surface area (Å²) in [5.41, 5.74) is 2.71. The molecule has 0 saturated carbocycles. The van der Waals surface area contributed by atoms with Gasteiger partial charge in [-0.25, -0.2) is 0 Å². The van der Waals surface area contributed by atoms with Gasteiger partial charge in [-0.2, -0.15) is 0 Å². The summed E-state index contributed by atoms with van der Waals surface area (Å²) in [4.78, 5) is 16.1. The maximum atomic E-state index is 11.7. The van der Waals surface area contributed by atoms with Gasteiger partial charge in [0, 0.05) is 44.9 Å². The third-order valence-electron chi connectivity index (χ3n) is 5.37. The smallest absolute Gasteiger partial charge is 0.250 e. The fourth-order valence-electron chi connectivity index (χ4n) is 3.71. The van der Waals surface area contributed by atoms with Crippen molar-refractivity contribution in [2.24, 2.45) is 4.99 Å². The molecule has 0 saturated heterocycles. The Kier molecular flexibility index (Phi) is 8.92. The zero-order chi connectivity index (χ0) is 21.7. The number of aromatic nitrogens is 1. The van der Waals surface area contributed by atoms with Crippen molar-refractivity contribution in [2.75, 3.05) is 20.1 Å². The number of pyridine rings is 1. The summed E-state index contributed by atoms with van der Waals surface area (Å²) in [6.07, 6.45) is 4.73. The van der Waals surface area contributed by atoms with E-state index >= 15 is 0 Å². The Bertz CT molecular complexity index is 943. The minimum absolute atomic E-state index is 0.0549. The highest BCUT2D eigenvalue weighted by molar-refractivity contribution is 5.79. The van der Waals surface area contributed by atoms with Gasteiger partial charge in [-0.05, 0) is 36.5 Å². The van der Waals surface area contributed by atoms with E-state index in [0.29, 0.717) is 5.92 Å². The Morgan fingerprint density at radius 3 is 2.06 bits per heavy atom. The first-order chi connectivity index (χ1) is 15.3. The third kappa shape index (κ3) is 7.14. The highest BCUT2D eigenvalue weighted by atomic mass is 16.1. The van der Waals surface area contributed by atoms with Crippen LogP contribution in [0.5, 0.6) is 0 Å². The first-order valence-electron chi connectivity index (χ1n) is 11.0. The summed E-state index contributed by atoms with van der Waals surface area (Å²) in [7, 11) is 1.80. The second-order valence-electron chi connectivity index (χ2n) is 7.53. The van der Waals surface area contributed by atoms with Gasteiger partial charge in [-0.3, -0.25) is 9.79 Å². The van der Waals surface area contributed by atoms with E-state index in [1.54, 1.807) is 23.7 Å². The molecule has 0 unspecified atom stereocenters. The van der Waals surface area contributed by atoms with Crippen LogP contribution in [0.15, 0.2) is 94.8 Å². The van der Waals surface area contributed by atoms with Gasteiger partial charge in [0.1, 0.15) is 0 Å². The number of hydrogen-bond donors (Lipinski definition) is 2. The SMILES string of the molecule is CN=C(NCCCCn1ccccc1=O)NCCC(c1ccccc1)c1ccccc1. The van der Waals surface area contributed by atoms with Crippen molar-refractivity contribution in [2.45, 2.75) is 31.7 Å².